The summed E-state index contributed by atoms with van der Waals surface area (Å²) in [4.78, 5) is 2.52. The van der Waals surface area contributed by atoms with Crippen LogP contribution in [0.3, 0.4) is 0 Å². The first-order valence-corrected chi connectivity index (χ1v) is 23.1. The molecule has 0 saturated carbocycles. The zero-order chi connectivity index (χ0) is 43.9. The van der Waals surface area contributed by atoms with E-state index in [0.29, 0.717) is 0 Å². The average Bonchev–Trinajstić information content (AvgIpc) is 3.88. The predicted molar refractivity (Wildman–Crippen MR) is 272 cm³/mol. The van der Waals surface area contributed by atoms with E-state index in [9.17, 15) is 0 Å². The van der Waals surface area contributed by atoms with Gasteiger partial charge < -0.3 is 9.32 Å². The van der Waals surface area contributed by atoms with E-state index in [0.717, 1.165) is 45.4 Å². The van der Waals surface area contributed by atoms with Crippen LogP contribution < -0.4 is 4.90 Å². The maximum absolute atomic E-state index is 6.65. The van der Waals surface area contributed by atoms with Crippen molar-refractivity contribution in [1.82, 2.24) is 0 Å². The van der Waals surface area contributed by atoms with Gasteiger partial charge in [0, 0.05) is 16.6 Å². The van der Waals surface area contributed by atoms with Gasteiger partial charge in [0.25, 0.3) is 0 Å². The summed E-state index contributed by atoms with van der Waals surface area (Å²) < 4.78 is 6.65. The molecule has 0 N–H and O–H groups in total. The average molecular weight is 838 g/mol. The number of rotatable bonds is 7. The Kier molecular flexibility index (Phi) is 8.94. The number of furan rings is 1. The largest absolute Gasteiger partial charge is 0.456 e. The van der Waals surface area contributed by atoms with Crippen molar-refractivity contribution in [2.45, 2.75) is 56.8 Å². The molecule has 0 spiro atoms. The van der Waals surface area contributed by atoms with E-state index in [-0.39, 0.29) is 10.8 Å². The van der Waals surface area contributed by atoms with Gasteiger partial charge in [0.15, 0.2) is 0 Å². The Labute approximate surface area is 382 Å². The minimum absolute atomic E-state index is 0.0361. The van der Waals surface area contributed by atoms with Crippen LogP contribution in [0.15, 0.2) is 217 Å². The lowest BCUT2D eigenvalue weighted by Gasteiger charge is -2.42. The molecule has 314 valence electrons. The molecule has 2 nitrogen and oxygen atoms in total. The molecule has 2 aliphatic rings. The Morgan fingerprint density at radius 1 is 0.385 bits per heavy atom. The molecular weight excluding hydrogens is 787 g/mol. The van der Waals surface area contributed by atoms with Gasteiger partial charge in [-0.05, 0) is 127 Å². The SMILES string of the molecule is CC1(C)CCC(C)(C)c2cc(-c3cc4c(cc3N(c3ccc(-c5ccccc5)cc3)c3cccc5oc6ccccc6c35)C(c3ccccc3)(c3ccccc3)c3ccccc3-4)ccc21. The second-order valence-corrected chi connectivity index (χ2v) is 19.5. The third-order valence-corrected chi connectivity index (χ3v) is 14.8. The first-order chi connectivity index (χ1) is 31.7. The monoisotopic (exact) mass is 837 g/mol. The fraction of sp³-hybridized carbons (Fsp3) is 0.143. The standard InChI is InChI=1S/C63H51NO/c1-61(2)37-38-62(3,4)55-39-44(33-36-53(55)61)50-40-51-48-25-14-16-27-52(48)63(45-21-10-6-11-22-45,46-23-12-7-13-24-46)54(51)41-57(50)64(47-34-31-43(32-35-47)42-19-8-5-9-20-42)56-28-18-30-59-60(56)49-26-15-17-29-58(49)65-59/h5-36,39-41H,37-38H2,1-4H3. The van der Waals surface area contributed by atoms with E-state index < -0.39 is 5.41 Å². The molecule has 0 fully saturated rings. The predicted octanol–water partition coefficient (Wildman–Crippen LogP) is 17.1. The fourth-order valence-corrected chi connectivity index (χ4v) is 11.4. The van der Waals surface area contributed by atoms with E-state index in [2.05, 4.69) is 245 Å². The smallest absolute Gasteiger partial charge is 0.137 e. The summed E-state index contributed by atoms with van der Waals surface area (Å²) in [7, 11) is 0. The molecule has 0 bridgehead atoms. The zero-order valence-electron chi connectivity index (χ0n) is 37.5. The molecule has 0 amide bonds. The highest BCUT2D eigenvalue weighted by Crippen LogP contribution is 2.60. The molecule has 0 aliphatic heterocycles. The summed E-state index contributed by atoms with van der Waals surface area (Å²) >= 11 is 0. The molecule has 2 aliphatic carbocycles. The summed E-state index contributed by atoms with van der Waals surface area (Å²) in [6, 6.07) is 78.7. The quantitative estimate of drug-likeness (QED) is 0.159. The second-order valence-electron chi connectivity index (χ2n) is 19.5. The molecular formula is C63H51NO. The van der Waals surface area contributed by atoms with Gasteiger partial charge in [-0.25, -0.2) is 0 Å². The van der Waals surface area contributed by atoms with Crippen LogP contribution in [0.5, 0.6) is 0 Å². The first-order valence-electron chi connectivity index (χ1n) is 23.1. The Bertz CT molecular complexity index is 3370. The number of hydrogen-bond acceptors (Lipinski definition) is 2. The van der Waals surface area contributed by atoms with E-state index in [4.69, 9.17) is 4.42 Å². The number of para-hydroxylation sites is 1. The maximum Gasteiger partial charge on any atom is 0.137 e. The lowest BCUT2D eigenvalue weighted by atomic mass is 9.63. The minimum atomic E-state index is -0.583. The molecule has 2 heteroatoms. The number of benzene rings is 9. The van der Waals surface area contributed by atoms with Crippen molar-refractivity contribution >= 4 is 39.0 Å². The van der Waals surface area contributed by atoms with Gasteiger partial charge in [0.1, 0.15) is 11.2 Å². The van der Waals surface area contributed by atoms with E-state index >= 15 is 0 Å². The van der Waals surface area contributed by atoms with Gasteiger partial charge in [-0.15, -0.1) is 0 Å². The van der Waals surface area contributed by atoms with Crippen LogP contribution in [0.4, 0.5) is 17.1 Å². The van der Waals surface area contributed by atoms with E-state index in [1.807, 2.05) is 0 Å². The Hall–Kier alpha value is -7.42. The highest BCUT2D eigenvalue weighted by molar-refractivity contribution is 6.14. The Morgan fingerprint density at radius 3 is 1.69 bits per heavy atom. The molecule has 10 aromatic rings. The van der Waals surface area contributed by atoms with Crippen molar-refractivity contribution in [3.05, 3.63) is 246 Å². The van der Waals surface area contributed by atoms with Crippen LogP contribution in [-0.2, 0) is 16.2 Å². The van der Waals surface area contributed by atoms with Crippen molar-refractivity contribution in [3.63, 3.8) is 0 Å². The van der Waals surface area contributed by atoms with Gasteiger partial charge in [-0.3, -0.25) is 0 Å². The van der Waals surface area contributed by atoms with Crippen LogP contribution >= 0.6 is 0 Å². The van der Waals surface area contributed by atoms with Gasteiger partial charge in [0.05, 0.1) is 22.2 Å². The number of hydrogen-bond donors (Lipinski definition) is 0. The lowest BCUT2D eigenvalue weighted by Crippen LogP contribution is -2.33. The first kappa shape index (κ1) is 39.2. The van der Waals surface area contributed by atoms with Gasteiger partial charge >= 0.3 is 0 Å². The van der Waals surface area contributed by atoms with Crippen molar-refractivity contribution in [2.75, 3.05) is 4.90 Å². The van der Waals surface area contributed by atoms with E-state index in [1.165, 1.54) is 73.2 Å². The molecule has 0 atom stereocenters. The zero-order valence-corrected chi connectivity index (χ0v) is 37.5. The van der Waals surface area contributed by atoms with Gasteiger partial charge in [0.2, 0.25) is 0 Å². The van der Waals surface area contributed by atoms with Crippen LogP contribution in [0, 0.1) is 0 Å². The van der Waals surface area contributed by atoms with Crippen LogP contribution in [-0.4, -0.2) is 0 Å². The normalized spacial score (nSPS) is 15.3. The minimum Gasteiger partial charge on any atom is -0.456 e. The topological polar surface area (TPSA) is 16.4 Å². The van der Waals surface area contributed by atoms with Crippen LogP contribution in [0.2, 0.25) is 0 Å². The Balaban J connectivity index is 1.22. The summed E-state index contributed by atoms with van der Waals surface area (Å²) in [5.74, 6) is 0. The molecule has 65 heavy (non-hydrogen) atoms. The lowest BCUT2D eigenvalue weighted by molar-refractivity contribution is 0.332. The highest BCUT2D eigenvalue weighted by Gasteiger charge is 2.47. The van der Waals surface area contributed by atoms with Crippen molar-refractivity contribution in [1.29, 1.82) is 0 Å². The number of fused-ring (bicyclic) bond motifs is 7. The third kappa shape index (κ3) is 6.07. The molecule has 12 rings (SSSR count). The third-order valence-electron chi connectivity index (χ3n) is 14.8. The molecule has 0 radical (unpaired) electrons. The maximum atomic E-state index is 6.65. The van der Waals surface area contributed by atoms with Crippen molar-refractivity contribution in [3.8, 4) is 33.4 Å². The molecule has 1 heterocycles. The van der Waals surface area contributed by atoms with Crippen LogP contribution in [0.1, 0.15) is 73.9 Å². The Morgan fingerprint density at radius 2 is 0.969 bits per heavy atom. The van der Waals surface area contributed by atoms with Crippen LogP contribution in [0.25, 0.3) is 55.3 Å². The molecule has 9 aromatic carbocycles. The van der Waals surface area contributed by atoms with Gasteiger partial charge in [-0.1, -0.05) is 198 Å². The molecule has 1 aromatic heterocycles. The van der Waals surface area contributed by atoms with E-state index in [1.54, 1.807) is 0 Å². The number of anilines is 3. The summed E-state index contributed by atoms with van der Waals surface area (Å²) in [6.45, 7) is 9.71. The molecule has 0 unspecified atom stereocenters. The van der Waals surface area contributed by atoms with Crippen molar-refractivity contribution in [2.24, 2.45) is 0 Å². The second kappa shape index (κ2) is 14.8. The molecule has 0 saturated heterocycles. The summed E-state index contributed by atoms with van der Waals surface area (Å²) in [5, 5.41) is 2.19. The fourth-order valence-electron chi connectivity index (χ4n) is 11.4. The highest BCUT2D eigenvalue weighted by atomic mass is 16.3. The number of nitrogens with zero attached hydrogens (tertiary/aromatic N) is 1. The summed E-state index contributed by atoms with van der Waals surface area (Å²) in [5.41, 5.74) is 19.8. The summed E-state index contributed by atoms with van der Waals surface area (Å²) in [6.07, 6.45) is 2.32. The van der Waals surface area contributed by atoms with Gasteiger partial charge in [-0.2, -0.15) is 0 Å². The van der Waals surface area contributed by atoms with Crippen molar-refractivity contribution < 1.29 is 4.42 Å².